The SMILES string of the molecule is COc1ccnc(N2CCC(C(=O)NCCCCOc3ccc(OCc4ccccc4)cc3)CC2)n1. The van der Waals surface area contributed by atoms with E-state index in [1.807, 2.05) is 54.6 Å². The molecule has 1 aromatic heterocycles. The number of amides is 1. The number of rotatable bonds is 12. The molecule has 2 heterocycles. The monoisotopic (exact) mass is 490 g/mol. The van der Waals surface area contributed by atoms with Gasteiger partial charge in [0.05, 0.1) is 13.7 Å². The Bertz CT molecular complexity index is 1070. The van der Waals surface area contributed by atoms with E-state index in [9.17, 15) is 4.79 Å². The number of nitrogens with zero attached hydrogens (tertiary/aromatic N) is 3. The molecule has 190 valence electrons. The van der Waals surface area contributed by atoms with Crippen LogP contribution in [0.1, 0.15) is 31.2 Å². The van der Waals surface area contributed by atoms with E-state index in [1.54, 1.807) is 19.4 Å². The second-order valence-corrected chi connectivity index (χ2v) is 8.75. The highest BCUT2D eigenvalue weighted by molar-refractivity contribution is 5.78. The van der Waals surface area contributed by atoms with Gasteiger partial charge in [0.15, 0.2) is 0 Å². The van der Waals surface area contributed by atoms with Crippen molar-refractivity contribution in [2.45, 2.75) is 32.3 Å². The highest BCUT2D eigenvalue weighted by Crippen LogP contribution is 2.22. The zero-order chi connectivity index (χ0) is 25.0. The minimum absolute atomic E-state index is 0.0331. The van der Waals surface area contributed by atoms with Crippen LogP contribution in [0.5, 0.6) is 17.4 Å². The molecule has 8 heteroatoms. The van der Waals surface area contributed by atoms with Gasteiger partial charge in [-0.05, 0) is 55.5 Å². The number of piperidine rings is 1. The van der Waals surface area contributed by atoms with E-state index in [0.717, 1.165) is 55.8 Å². The first-order chi connectivity index (χ1) is 17.7. The van der Waals surface area contributed by atoms with Gasteiger partial charge in [-0.1, -0.05) is 30.3 Å². The summed E-state index contributed by atoms with van der Waals surface area (Å²) < 4.78 is 16.8. The summed E-state index contributed by atoms with van der Waals surface area (Å²) in [5, 5.41) is 3.08. The third-order valence-electron chi connectivity index (χ3n) is 6.19. The fourth-order valence-electron chi connectivity index (χ4n) is 4.09. The Balaban J connectivity index is 1.06. The number of carbonyl (C=O) groups is 1. The van der Waals surface area contributed by atoms with Gasteiger partial charge in [-0.15, -0.1) is 0 Å². The Morgan fingerprint density at radius 2 is 1.69 bits per heavy atom. The molecular weight excluding hydrogens is 456 g/mol. The molecule has 1 aliphatic rings. The normalized spacial score (nSPS) is 13.8. The van der Waals surface area contributed by atoms with Crippen LogP contribution in [0.3, 0.4) is 0 Å². The van der Waals surface area contributed by atoms with E-state index >= 15 is 0 Å². The molecule has 36 heavy (non-hydrogen) atoms. The third kappa shape index (κ3) is 7.60. The zero-order valence-corrected chi connectivity index (χ0v) is 20.8. The Morgan fingerprint density at radius 3 is 2.42 bits per heavy atom. The lowest BCUT2D eigenvalue weighted by atomic mass is 9.96. The van der Waals surface area contributed by atoms with Crippen molar-refractivity contribution < 1.29 is 19.0 Å². The maximum Gasteiger partial charge on any atom is 0.228 e. The van der Waals surface area contributed by atoms with E-state index in [4.69, 9.17) is 14.2 Å². The molecular formula is C28H34N4O4. The molecule has 0 atom stereocenters. The minimum Gasteiger partial charge on any atom is -0.494 e. The molecule has 4 rings (SSSR count). The first-order valence-electron chi connectivity index (χ1n) is 12.5. The summed E-state index contributed by atoms with van der Waals surface area (Å²) in [5.41, 5.74) is 1.14. The van der Waals surface area contributed by atoms with Crippen LogP contribution in [0.4, 0.5) is 5.95 Å². The number of anilines is 1. The van der Waals surface area contributed by atoms with Gasteiger partial charge in [-0.2, -0.15) is 4.98 Å². The second-order valence-electron chi connectivity index (χ2n) is 8.75. The van der Waals surface area contributed by atoms with Crippen LogP contribution in [0.2, 0.25) is 0 Å². The molecule has 0 unspecified atom stereocenters. The number of nitrogens with one attached hydrogen (secondary N) is 1. The summed E-state index contributed by atoms with van der Waals surface area (Å²) >= 11 is 0. The average molecular weight is 491 g/mol. The van der Waals surface area contributed by atoms with Crippen molar-refractivity contribution in [3.05, 3.63) is 72.4 Å². The van der Waals surface area contributed by atoms with Crippen LogP contribution in [0.15, 0.2) is 66.9 Å². The molecule has 3 aromatic rings. The Labute approximate surface area is 212 Å². The van der Waals surface area contributed by atoms with Crippen molar-refractivity contribution in [2.24, 2.45) is 5.92 Å². The molecule has 0 radical (unpaired) electrons. The average Bonchev–Trinajstić information content (AvgIpc) is 2.95. The zero-order valence-electron chi connectivity index (χ0n) is 20.8. The number of benzene rings is 2. The summed E-state index contributed by atoms with van der Waals surface area (Å²) in [6.45, 7) is 3.33. The second kappa shape index (κ2) is 13.3. The number of hydrogen-bond acceptors (Lipinski definition) is 7. The lowest BCUT2D eigenvalue weighted by molar-refractivity contribution is -0.125. The summed E-state index contributed by atoms with van der Waals surface area (Å²) in [6.07, 6.45) is 5.03. The minimum atomic E-state index is 0.0331. The van der Waals surface area contributed by atoms with Crippen LogP contribution in [-0.2, 0) is 11.4 Å². The predicted octanol–water partition coefficient (Wildman–Crippen LogP) is 4.26. The summed E-state index contributed by atoms with van der Waals surface area (Å²) in [4.78, 5) is 23.4. The fourth-order valence-corrected chi connectivity index (χ4v) is 4.09. The molecule has 0 saturated carbocycles. The maximum atomic E-state index is 12.5. The molecule has 1 fully saturated rings. The third-order valence-corrected chi connectivity index (χ3v) is 6.19. The summed E-state index contributed by atoms with van der Waals surface area (Å²) in [5.74, 6) is 3.00. The van der Waals surface area contributed by atoms with Crippen molar-refractivity contribution in [1.82, 2.24) is 15.3 Å². The lowest BCUT2D eigenvalue weighted by Gasteiger charge is -2.31. The number of methoxy groups -OCH3 is 1. The van der Waals surface area contributed by atoms with Crippen molar-refractivity contribution >= 4 is 11.9 Å². The highest BCUT2D eigenvalue weighted by Gasteiger charge is 2.26. The summed E-state index contributed by atoms with van der Waals surface area (Å²) in [6, 6.07) is 19.5. The van der Waals surface area contributed by atoms with Crippen molar-refractivity contribution in [3.63, 3.8) is 0 Å². The molecule has 0 spiro atoms. The molecule has 8 nitrogen and oxygen atoms in total. The van der Waals surface area contributed by atoms with Gasteiger partial charge in [0.2, 0.25) is 17.7 Å². The van der Waals surface area contributed by atoms with Crippen LogP contribution in [-0.4, -0.2) is 49.2 Å². The Hall–Kier alpha value is -3.81. The number of carbonyl (C=O) groups excluding carboxylic acids is 1. The van der Waals surface area contributed by atoms with Gasteiger partial charge < -0.3 is 24.4 Å². The molecule has 1 saturated heterocycles. The number of aromatic nitrogens is 2. The number of hydrogen-bond donors (Lipinski definition) is 1. The van der Waals surface area contributed by atoms with Gasteiger partial charge in [-0.25, -0.2) is 4.98 Å². The highest BCUT2D eigenvalue weighted by atomic mass is 16.5. The molecule has 0 aliphatic carbocycles. The Kier molecular flexibility index (Phi) is 9.36. The number of unbranched alkanes of at least 4 members (excludes halogenated alkanes) is 1. The van der Waals surface area contributed by atoms with Gasteiger partial charge in [0.25, 0.3) is 0 Å². The van der Waals surface area contributed by atoms with Crippen LogP contribution < -0.4 is 24.4 Å². The molecule has 1 N–H and O–H groups in total. The molecule has 2 aromatic carbocycles. The van der Waals surface area contributed by atoms with Crippen LogP contribution in [0, 0.1) is 5.92 Å². The van der Waals surface area contributed by atoms with E-state index in [-0.39, 0.29) is 11.8 Å². The summed E-state index contributed by atoms with van der Waals surface area (Å²) in [7, 11) is 1.59. The standard InChI is InChI=1S/C28H34N4O4/c1-34-26-13-17-30-28(31-26)32-18-14-23(15-19-32)27(33)29-16-5-6-20-35-24-9-11-25(12-10-24)36-21-22-7-3-2-4-8-22/h2-4,7-13,17,23H,5-6,14-16,18-21H2,1H3,(H,29,33). The van der Waals surface area contributed by atoms with Crippen molar-refractivity contribution in [3.8, 4) is 17.4 Å². The molecule has 1 aliphatic heterocycles. The van der Waals surface area contributed by atoms with E-state index in [2.05, 4.69) is 20.2 Å². The van der Waals surface area contributed by atoms with Crippen LogP contribution in [0.25, 0.3) is 0 Å². The maximum absolute atomic E-state index is 12.5. The first-order valence-corrected chi connectivity index (χ1v) is 12.5. The van der Waals surface area contributed by atoms with Crippen molar-refractivity contribution in [1.29, 1.82) is 0 Å². The Morgan fingerprint density at radius 1 is 0.972 bits per heavy atom. The van der Waals surface area contributed by atoms with E-state index in [0.29, 0.717) is 31.6 Å². The largest absolute Gasteiger partial charge is 0.494 e. The van der Waals surface area contributed by atoms with E-state index < -0.39 is 0 Å². The number of ether oxygens (including phenoxy) is 3. The molecule has 1 amide bonds. The van der Waals surface area contributed by atoms with E-state index in [1.165, 1.54) is 0 Å². The predicted molar refractivity (Wildman–Crippen MR) is 138 cm³/mol. The molecule has 0 bridgehead atoms. The topological polar surface area (TPSA) is 85.8 Å². The van der Waals surface area contributed by atoms with Crippen molar-refractivity contribution in [2.75, 3.05) is 38.3 Å². The van der Waals surface area contributed by atoms with Crippen LogP contribution >= 0.6 is 0 Å². The lowest BCUT2D eigenvalue weighted by Crippen LogP contribution is -2.41. The fraction of sp³-hybridized carbons (Fsp3) is 0.393. The van der Waals surface area contributed by atoms with Gasteiger partial charge >= 0.3 is 0 Å². The van der Waals surface area contributed by atoms with Gasteiger partial charge in [-0.3, -0.25) is 4.79 Å². The van der Waals surface area contributed by atoms with Gasteiger partial charge in [0, 0.05) is 37.8 Å². The smallest absolute Gasteiger partial charge is 0.228 e. The van der Waals surface area contributed by atoms with Gasteiger partial charge in [0.1, 0.15) is 18.1 Å². The quantitative estimate of drug-likeness (QED) is 0.380. The first kappa shape index (κ1) is 25.3.